The van der Waals surface area contributed by atoms with E-state index in [9.17, 15) is 4.79 Å². The van der Waals surface area contributed by atoms with Crippen LogP contribution in [0.3, 0.4) is 0 Å². The van der Waals surface area contributed by atoms with Crippen LogP contribution in [0.2, 0.25) is 0 Å². The Balaban J connectivity index is 1.50. The molecule has 3 aromatic rings. The van der Waals surface area contributed by atoms with Crippen molar-refractivity contribution in [3.05, 3.63) is 64.0 Å². The predicted octanol–water partition coefficient (Wildman–Crippen LogP) is 3.78. The number of piperazine rings is 1. The topological polar surface area (TPSA) is 49.3 Å². The van der Waals surface area contributed by atoms with Crippen LogP contribution in [0.1, 0.15) is 20.9 Å². The molecule has 4 rings (SSSR count). The van der Waals surface area contributed by atoms with Gasteiger partial charge in [0, 0.05) is 43.5 Å². The lowest BCUT2D eigenvalue weighted by Gasteiger charge is -2.35. The van der Waals surface area contributed by atoms with Gasteiger partial charge in [-0.25, -0.2) is 9.97 Å². The number of carbonyl (C=O) groups excluding carboxylic acids is 1. The van der Waals surface area contributed by atoms with E-state index in [0.717, 1.165) is 40.9 Å². The van der Waals surface area contributed by atoms with Gasteiger partial charge in [-0.05, 0) is 25.3 Å². The number of benzene rings is 1. The van der Waals surface area contributed by atoms with Crippen molar-refractivity contribution in [3.8, 4) is 11.4 Å². The zero-order chi connectivity index (χ0) is 18.8. The van der Waals surface area contributed by atoms with Crippen LogP contribution in [0.4, 0.5) is 5.82 Å². The summed E-state index contributed by atoms with van der Waals surface area (Å²) < 4.78 is 0. The summed E-state index contributed by atoms with van der Waals surface area (Å²) in [6, 6.07) is 14.1. The van der Waals surface area contributed by atoms with E-state index in [4.69, 9.17) is 4.98 Å². The maximum Gasteiger partial charge on any atom is 0.264 e. The highest BCUT2D eigenvalue weighted by molar-refractivity contribution is 7.12. The smallest absolute Gasteiger partial charge is 0.264 e. The van der Waals surface area contributed by atoms with Gasteiger partial charge in [0.25, 0.3) is 5.91 Å². The van der Waals surface area contributed by atoms with Crippen molar-refractivity contribution in [1.82, 2.24) is 14.9 Å². The molecule has 138 valence electrons. The largest absolute Gasteiger partial charge is 0.353 e. The predicted molar refractivity (Wildman–Crippen MR) is 109 cm³/mol. The minimum absolute atomic E-state index is 0.129. The Morgan fingerprint density at radius 3 is 2.41 bits per heavy atom. The molecular formula is C21H22N4OS. The number of aromatic nitrogens is 2. The van der Waals surface area contributed by atoms with Crippen LogP contribution in [0.15, 0.2) is 47.8 Å². The normalized spacial score (nSPS) is 14.4. The standard InChI is InChI=1S/C21H22N4OS/c1-15-5-7-17(8-6-15)20-22-16(2)14-19(23-20)24-9-11-25(12-10-24)21(26)18-4-3-13-27-18/h3-8,13-14H,9-12H2,1-2H3. The Labute approximate surface area is 163 Å². The maximum atomic E-state index is 12.5. The monoisotopic (exact) mass is 378 g/mol. The van der Waals surface area contributed by atoms with Crippen molar-refractivity contribution < 1.29 is 4.79 Å². The molecule has 0 spiro atoms. The van der Waals surface area contributed by atoms with Crippen LogP contribution < -0.4 is 4.90 Å². The molecule has 0 saturated carbocycles. The van der Waals surface area contributed by atoms with Crippen molar-refractivity contribution in [2.75, 3.05) is 31.1 Å². The van der Waals surface area contributed by atoms with E-state index in [2.05, 4.69) is 41.1 Å². The molecule has 6 heteroatoms. The number of thiophene rings is 1. The minimum atomic E-state index is 0.129. The summed E-state index contributed by atoms with van der Waals surface area (Å²) in [5, 5.41) is 1.94. The van der Waals surface area contributed by atoms with E-state index in [1.165, 1.54) is 16.9 Å². The first-order valence-corrected chi connectivity index (χ1v) is 9.98. The van der Waals surface area contributed by atoms with Crippen molar-refractivity contribution in [3.63, 3.8) is 0 Å². The lowest BCUT2D eigenvalue weighted by Crippen LogP contribution is -2.49. The summed E-state index contributed by atoms with van der Waals surface area (Å²) in [6.07, 6.45) is 0. The molecule has 0 radical (unpaired) electrons. The third kappa shape index (κ3) is 3.85. The number of hydrogen-bond acceptors (Lipinski definition) is 5. The van der Waals surface area contributed by atoms with Crippen molar-refractivity contribution >= 4 is 23.1 Å². The number of rotatable bonds is 3. The molecule has 1 amide bonds. The molecule has 0 atom stereocenters. The lowest BCUT2D eigenvalue weighted by atomic mass is 10.1. The van der Waals surface area contributed by atoms with Crippen LogP contribution >= 0.6 is 11.3 Å². The molecular weight excluding hydrogens is 356 g/mol. The Hall–Kier alpha value is -2.73. The third-order valence-electron chi connectivity index (χ3n) is 4.77. The van der Waals surface area contributed by atoms with Gasteiger partial charge in [0.1, 0.15) is 5.82 Å². The summed E-state index contributed by atoms with van der Waals surface area (Å²) in [4.78, 5) is 26.9. The van der Waals surface area contributed by atoms with E-state index in [0.29, 0.717) is 13.1 Å². The van der Waals surface area contributed by atoms with Crippen molar-refractivity contribution in [1.29, 1.82) is 0 Å². The van der Waals surface area contributed by atoms with Crippen LogP contribution in [0, 0.1) is 13.8 Å². The van der Waals surface area contributed by atoms with Gasteiger partial charge < -0.3 is 9.80 Å². The highest BCUT2D eigenvalue weighted by Crippen LogP contribution is 2.22. The summed E-state index contributed by atoms with van der Waals surface area (Å²) >= 11 is 1.50. The zero-order valence-electron chi connectivity index (χ0n) is 15.6. The third-order valence-corrected chi connectivity index (χ3v) is 5.63. The van der Waals surface area contributed by atoms with Gasteiger partial charge in [-0.1, -0.05) is 35.9 Å². The highest BCUT2D eigenvalue weighted by atomic mass is 32.1. The second-order valence-corrected chi connectivity index (χ2v) is 7.76. The van der Waals surface area contributed by atoms with Gasteiger partial charge in [0.05, 0.1) is 4.88 Å². The molecule has 1 aromatic carbocycles. The number of hydrogen-bond donors (Lipinski definition) is 0. The Morgan fingerprint density at radius 2 is 1.74 bits per heavy atom. The number of anilines is 1. The van der Waals surface area contributed by atoms with E-state index in [1.54, 1.807) is 0 Å². The summed E-state index contributed by atoms with van der Waals surface area (Å²) in [5.74, 6) is 1.81. The molecule has 0 unspecified atom stereocenters. The molecule has 3 heterocycles. The fourth-order valence-corrected chi connectivity index (χ4v) is 3.93. The van der Waals surface area contributed by atoms with Gasteiger partial charge in [-0.3, -0.25) is 4.79 Å². The Kier molecular flexibility index (Phi) is 4.90. The van der Waals surface area contributed by atoms with Crippen molar-refractivity contribution in [2.24, 2.45) is 0 Å². The lowest BCUT2D eigenvalue weighted by molar-refractivity contribution is 0.0751. The van der Waals surface area contributed by atoms with Crippen LogP contribution in [-0.2, 0) is 0 Å². The van der Waals surface area contributed by atoms with Gasteiger partial charge in [0.2, 0.25) is 0 Å². The molecule has 2 aromatic heterocycles. The average molecular weight is 379 g/mol. The van der Waals surface area contributed by atoms with Gasteiger partial charge in [-0.15, -0.1) is 11.3 Å². The minimum Gasteiger partial charge on any atom is -0.353 e. The van der Waals surface area contributed by atoms with E-state index in [-0.39, 0.29) is 5.91 Å². The first-order chi connectivity index (χ1) is 13.1. The fraction of sp³-hybridized carbons (Fsp3) is 0.286. The van der Waals surface area contributed by atoms with Gasteiger partial charge >= 0.3 is 0 Å². The molecule has 1 aliphatic heterocycles. The number of amides is 1. The SMILES string of the molecule is Cc1ccc(-c2nc(C)cc(N3CCN(C(=O)c4cccs4)CC3)n2)cc1. The fourth-order valence-electron chi connectivity index (χ4n) is 3.24. The van der Waals surface area contributed by atoms with E-state index >= 15 is 0 Å². The molecule has 0 N–H and O–H groups in total. The number of aryl methyl sites for hydroxylation is 2. The van der Waals surface area contributed by atoms with E-state index < -0.39 is 0 Å². The molecule has 5 nitrogen and oxygen atoms in total. The van der Waals surface area contributed by atoms with Gasteiger partial charge in [0.15, 0.2) is 5.82 Å². The molecule has 1 fully saturated rings. The van der Waals surface area contributed by atoms with Crippen LogP contribution in [0.25, 0.3) is 11.4 Å². The quantitative estimate of drug-likeness (QED) is 0.696. The molecule has 0 bridgehead atoms. The van der Waals surface area contributed by atoms with E-state index in [1.807, 2.05) is 35.4 Å². The van der Waals surface area contributed by atoms with Crippen LogP contribution in [-0.4, -0.2) is 47.0 Å². The molecule has 0 aliphatic carbocycles. The van der Waals surface area contributed by atoms with Crippen molar-refractivity contribution in [2.45, 2.75) is 13.8 Å². The first-order valence-electron chi connectivity index (χ1n) is 9.10. The molecule has 27 heavy (non-hydrogen) atoms. The molecule has 1 saturated heterocycles. The highest BCUT2D eigenvalue weighted by Gasteiger charge is 2.24. The average Bonchev–Trinajstić information content (AvgIpc) is 3.22. The Bertz CT molecular complexity index is 929. The zero-order valence-corrected chi connectivity index (χ0v) is 16.4. The second kappa shape index (κ2) is 7.48. The summed E-state index contributed by atoms with van der Waals surface area (Å²) in [5.41, 5.74) is 3.20. The maximum absolute atomic E-state index is 12.5. The van der Waals surface area contributed by atoms with Crippen LogP contribution in [0.5, 0.6) is 0 Å². The molecule has 1 aliphatic rings. The second-order valence-electron chi connectivity index (χ2n) is 6.81. The number of nitrogens with zero attached hydrogens (tertiary/aromatic N) is 4. The summed E-state index contributed by atoms with van der Waals surface area (Å²) in [7, 11) is 0. The Morgan fingerprint density at radius 1 is 1.00 bits per heavy atom. The number of carbonyl (C=O) groups is 1. The summed E-state index contributed by atoms with van der Waals surface area (Å²) in [6.45, 7) is 7.05. The van der Waals surface area contributed by atoms with Gasteiger partial charge in [-0.2, -0.15) is 0 Å². The first kappa shape index (κ1) is 17.7.